The summed E-state index contributed by atoms with van der Waals surface area (Å²) in [5, 5.41) is 2.66. The van der Waals surface area contributed by atoms with Gasteiger partial charge in [-0.05, 0) is 25.3 Å². The number of carbonyl (C=O) groups excluding carboxylic acids is 3. The van der Waals surface area contributed by atoms with Crippen molar-refractivity contribution in [3.8, 4) is 0 Å². The first-order valence-corrected chi connectivity index (χ1v) is 10.3. The van der Waals surface area contributed by atoms with E-state index < -0.39 is 29.9 Å². The number of alkyl carbamates (subject to hydrolysis) is 1. The number of unbranched alkanes of at least 4 members (excludes halogenated alkanes) is 1. The SMILES string of the molecule is CCCCOC(=O)N[C@@]1(CC(=O)OCC)[C@@H](N)CCN1C(=O)OCc1ccccc1. The molecule has 30 heavy (non-hydrogen) atoms. The van der Waals surface area contributed by atoms with E-state index in [4.69, 9.17) is 19.9 Å². The second-order valence-corrected chi connectivity index (χ2v) is 7.11. The molecule has 9 heteroatoms. The maximum atomic E-state index is 12.9. The topological polar surface area (TPSA) is 120 Å². The number of hydrogen-bond donors (Lipinski definition) is 2. The summed E-state index contributed by atoms with van der Waals surface area (Å²) in [7, 11) is 0. The first kappa shape index (κ1) is 23.5. The molecular weight excluding hydrogens is 390 g/mol. The largest absolute Gasteiger partial charge is 0.466 e. The zero-order valence-corrected chi connectivity index (χ0v) is 17.6. The van der Waals surface area contributed by atoms with Crippen LogP contribution in [0.1, 0.15) is 45.1 Å². The summed E-state index contributed by atoms with van der Waals surface area (Å²) >= 11 is 0. The molecule has 3 N–H and O–H groups in total. The zero-order valence-electron chi connectivity index (χ0n) is 17.6. The van der Waals surface area contributed by atoms with E-state index in [9.17, 15) is 14.4 Å². The quantitative estimate of drug-likeness (QED) is 0.357. The molecule has 0 aromatic heterocycles. The summed E-state index contributed by atoms with van der Waals surface area (Å²) in [4.78, 5) is 38.8. The first-order valence-electron chi connectivity index (χ1n) is 10.3. The van der Waals surface area contributed by atoms with Gasteiger partial charge in [0.2, 0.25) is 0 Å². The van der Waals surface area contributed by atoms with E-state index in [2.05, 4.69) is 5.32 Å². The van der Waals surface area contributed by atoms with Crippen LogP contribution in [0.25, 0.3) is 0 Å². The molecule has 0 spiro atoms. The number of esters is 1. The third-order valence-corrected chi connectivity index (χ3v) is 4.95. The fourth-order valence-electron chi connectivity index (χ4n) is 3.34. The molecule has 1 aromatic rings. The van der Waals surface area contributed by atoms with Crippen LogP contribution in [0.4, 0.5) is 9.59 Å². The van der Waals surface area contributed by atoms with Gasteiger partial charge in [0.25, 0.3) is 0 Å². The Kier molecular flexibility index (Phi) is 8.91. The van der Waals surface area contributed by atoms with Crippen molar-refractivity contribution in [3.63, 3.8) is 0 Å². The van der Waals surface area contributed by atoms with Gasteiger partial charge in [0.05, 0.1) is 19.6 Å². The van der Waals surface area contributed by atoms with Gasteiger partial charge in [0.1, 0.15) is 12.3 Å². The molecule has 2 atom stereocenters. The molecule has 1 saturated heterocycles. The van der Waals surface area contributed by atoms with Crippen LogP contribution in [0.3, 0.4) is 0 Å². The van der Waals surface area contributed by atoms with E-state index in [0.717, 1.165) is 12.0 Å². The minimum atomic E-state index is -1.48. The number of rotatable bonds is 9. The molecule has 0 saturated carbocycles. The molecule has 1 aliphatic rings. The molecule has 0 aliphatic carbocycles. The standard InChI is InChI=1S/C21H31N3O6/c1-3-5-13-29-19(26)23-21(14-18(25)28-4-2)17(22)11-12-24(21)20(27)30-15-16-9-7-6-8-10-16/h6-10,17H,3-5,11-15,22H2,1-2H3,(H,23,26)/t17-,21+/m0/s1. The maximum absolute atomic E-state index is 12.9. The normalized spacial score (nSPS) is 20.5. The Bertz CT molecular complexity index is 714. The van der Waals surface area contributed by atoms with Gasteiger partial charge < -0.3 is 19.9 Å². The lowest BCUT2D eigenvalue weighted by atomic mass is 9.98. The van der Waals surface area contributed by atoms with Crippen LogP contribution in [0.5, 0.6) is 0 Å². The third-order valence-electron chi connectivity index (χ3n) is 4.95. The Morgan fingerprint density at radius 3 is 2.57 bits per heavy atom. The summed E-state index contributed by atoms with van der Waals surface area (Å²) in [6.45, 7) is 4.33. The van der Waals surface area contributed by atoms with Crippen LogP contribution >= 0.6 is 0 Å². The third kappa shape index (κ3) is 6.09. The predicted molar refractivity (Wildman–Crippen MR) is 109 cm³/mol. The highest BCUT2D eigenvalue weighted by atomic mass is 16.6. The molecule has 2 rings (SSSR count). The molecule has 1 aliphatic heterocycles. The predicted octanol–water partition coefficient (Wildman–Crippen LogP) is 2.53. The Labute approximate surface area is 176 Å². The fraction of sp³-hybridized carbons (Fsp3) is 0.571. The number of nitrogens with two attached hydrogens (primary N) is 1. The van der Waals surface area contributed by atoms with Crippen LogP contribution in [0, 0.1) is 0 Å². The zero-order chi connectivity index (χ0) is 22.0. The number of likely N-dealkylation sites (tertiary alicyclic amines) is 1. The lowest BCUT2D eigenvalue weighted by molar-refractivity contribution is -0.146. The van der Waals surface area contributed by atoms with Gasteiger partial charge in [-0.15, -0.1) is 0 Å². The van der Waals surface area contributed by atoms with E-state index in [-0.39, 0.29) is 32.8 Å². The van der Waals surface area contributed by atoms with Crippen molar-refractivity contribution in [3.05, 3.63) is 35.9 Å². The van der Waals surface area contributed by atoms with Crippen molar-refractivity contribution in [1.29, 1.82) is 0 Å². The maximum Gasteiger partial charge on any atom is 0.412 e. The van der Waals surface area contributed by atoms with Gasteiger partial charge >= 0.3 is 18.2 Å². The van der Waals surface area contributed by atoms with Gasteiger partial charge in [-0.2, -0.15) is 0 Å². The highest BCUT2D eigenvalue weighted by Crippen LogP contribution is 2.31. The summed E-state index contributed by atoms with van der Waals surface area (Å²) in [5.74, 6) is -0.579. The number of nitrogens with one attached hydrogen (secondary N) is 1. The van der Waals surface area contributed by atoms with Crippen molar-refractivity contribution >= 4 is 18.2 Å². The Hall–Kier alpha value is -2.81. The van der Waals surface area contributed by atoms with E-state index in [1.165, 1.54) is 4.90 Å². The first-order chi connectivity index (χ1) is 14.4. The van der Waals surface area contributed by atoms with E-state index >= 15 is 0 Å². The monoisotopic (exact) mass is 421 g/mol. The molecule has 0 bridgehead atoms. The van der Waals surface area contributed by atoms with Gasteiger partial charge in [-0.25, -0.2) is 9.59 Å². The van der Waals surface area contributed by atoms with E-state index in [0.29, 0.717) is 12.8 Å². The molecule has 9 nitrogen and oxygen atoms in total. The average Bonchev–Trinajstić information content (AvgIpc) is 3.03. The molecule has 1 fully saturated rings. The summed E-state index contributed by atoms with van der Waals surface area (Å²) < 4.78 is 15.7. The van der Waals surface area contributed by atoms with Crippen molar-refractivity contribution in [2.75, 3.05) is 19.8 Å². The Morgan fingerprint density at radius 2 is 1.90 bits per heavy atom. The van der Waals surface area contributed by atoms with Gasteiger partial charge in [0, 0.05) is 12.6 Å². The summed E-state index contributed by atoms with van der Waals surface area (Å²) in [5.41, 5.74) is 5.60. The number of hydrogen-bond acceptors (Lipinski definition) is 7. The fourth-order valence-corrected chi connectivity index (χ4v) is 3.34. The molecule has 0 radical (unpaired) electrons. The van der Waals surface area contributed by atoms with Gasteiger partial charge in [-0.3, -0.25) is 15.0 Å². The van der Waals surface area contributed by atoms with Gasteiger partial charge in [-0.1, -0.05) is 43.7 Å². The minimum Gasteiger partial charge on any atom is -0.466 e. The molecule has 166 valence electrons. The van der Waals surface area contributed by atoms with Crippen LogP contribution in [-0.4, -0.2) is 54.5 Å². The molecule has 1 heterocycles. The number of nitrogens with zero attached hydrogens (tertiary/aromatic N) is 1. The second-order valence-electron chi connectivity index (χ2n) is 7.11. The number of amides is 2. The smallest absolute Gasteiger partial charge is 0.412 e. The lowest BCUT2D eigenvalue weighted by Gasteiger charge is -2.39. The van der Waals surface area contributed by atoms with Crippen LogP contribution < -0.4 is 11.1 Å². The molecular formula is C21H31N3O6. The van der Waals surface area contributed by atoms with Gasteiger partial charge in [0.15, 0.2) is 0 Å². The number of carbonyl (C=O) groups is 3. The Morgan fingerprint density at radius 1 is 1.17 bits per heavy atom. The number of benzene rings is 1. The molecule has 2 amide bonds. The summed E-state index contributed by atoms with van der Waals surface area (Å²) in [6.07, 6.45) is 0.225. The second kappa shape index (κ2) is 11.4. The Balaban J connectivity index is 2.17. The van der Waals surface area contributed by atoms with E-state index in [1.807, 2.05) is 37.3 Å². The van der Waals surface area contributed by atoms with Crippen molar-refractivity contribution in [1.82, 2.24) is 10.2 Å². The van der Waals surface area contributed by atoms with Crippen LogP contribution in [0.15, 0.2) is 30.3 Å². The van der Waals surface area contributed by atoms with E-state index in [1.54, 1.807) is 6.92 Å². The van der Waals surface area contributed by atoms with Crippen LogP contribution in [0.2, 0.25) is 0 Å². The highest BCUT2D eigenvalue weighted by molar-refractivity contribution is 5.78. The average molecular weight is 421 g/mol. The lowest BCUT2D eigenvalue weighted by Crippen LogP contribution is -2.67. The minimum absolute atomic E-state index is 0.0574. The highest BCUT2D eigenvalue weighted by Gasteiger charge is 2.53. The van der Waals surface area contributed by atoms with Crippen LogP contribution in [-0.2, 0) is 25.6 Å². The number of ether oxygens (including phenoxy) is 3. The van der Waals surface area contributed by atoms with Crippen molar-refractivity contribution < 1.29 is 28.6 Å². The molecule has 0 unspecified atom stereocenters. The summed E-state index contributed by atoms with van der Waals surface area (Å²) in [6, 6.07) is 8.52. The molecule has 1 aromatic carbocycles. The van der Waals surface area contributed by atoms with Crippen molar-refractivity contribution in [2.45, 2.75) is 57.8 Å². The van der Waals surface area contributed by atoms with Crippen molar-refractivity contribution in [2.24, 2.45) is 5.73 Å².